The van der Waals surface area contributed by atoms with Gasteiger partial charge in [0.15, 0.2) is 5.96 Å². The van der Waals surface area contributed by atoms with Crippen LogP contribution in [0.2, 0.25) is 0 Å². The fourth-order valence-electron chi connectivity index (χ4n) is 2.14. The van der Waals surface area contributed by atoms with Crippen molar-refractivity contribution in [2.75, 3.05) is 27.3 Å². The summed E-state index contributed by atoms with van der Waals surface area (Å²) in [5, 5.41) is 6.55. The molecule has 0 radical (unpaired) electrons. The number of nitrogens with one attached hydrogen (secondary N) is 2. The Balaban J connectivity index is 0.00000242. The molecule has 0 aliphatic carbocycles. The molecule has 2 aromatic rings. The molecule has 2 N–H and O–H groups in total. The molecule has 0 aliphatic rings. The number of halogens is 1. The van der Waals surface area contributed by atoms with Gasteiger partial charge in [-0.3, -0.25) is 4.99 Å². The third kappa shape index (κ3) is 5.45. The van der Waals surface area contributed by atoms with E-state index in [9.17, 15) is 0 Å². The van der Waals surface area contributed by atoms with E-state index in [1.54, 1.807) is 14.2 Å². The highest BCUT2D eigenvalue weighted by molar-refractivity contribution is 14.0. The molecule has 1 unspecified atom stereocenters. The van der Waals surface area contributed by atoms with Crippen molar-refractivity contribution < 1.29 is 4.74 Å². The van der Waals surface area contributed by atoms with Crippen molar-refractivity contribution in [3.8, 4) is 0 Å². The van der Waals surface area contributed by atoms with Crippen LogP contribution in [0.1, 0.15) is 12.6 Å². The Morgan fingerprint density at radius 1 is 1.45 bits per heavy atom. The third-order valence-electron chi connectivity index (χ3n) is 3.11. The van der Waals surface area contributed by atoms with Gasteiger partial charge in [-0.15, -0.1) is 24.0 Å². The fraction of sp³-hybridized carbons (Fsp3) is 0.467. The average molecular weight is 417 g/mol. The molecule has 2 heterocycles. The molecule has 0 spiro atoms. The molecule has 0 aliphatic heterocycles. The minimum Gasteiger partial charge on any atom is -0.383 e. The van der Waals surface area contributed by atoms with Crippen molar-refractivity contribution >= 4 is 35.6 Å². The molecule has 0 saturated heterocycles. The molecule has 0 saturated carbocycles. The van der Waals surface area contributed by atoms with Gasteiger partial charge in [0.05, 0.1) is 12.3 Å². The Hall–Kier alpha value is -1.35. The van der Waals surface area contributed by atoms with Gasteiger partial charge in [0.2, 0.25) is 0 Å². The number of ether oxygens (including phenoxy) is 1. The molecule has 122 valence electrons. The highest BCUT2D eigenvalue weighted by atomic mass is 127. The van der Waals surface area contributed by atoms with Gasteiger partial charge in [0.1, 0.15) is 5.65 Å². The smallest absolute Gasteiger partial charge is 0.191 e. The average Bonchev–Trinajstić information content (AvgIpc) is 2.89. The number of fused-ring (bicyclic) bond motifs is 1. The number of pyridine rings is 1. The normalized spacial score (nSPS) is 12.8. The summed E-state index contributed by atoms with van der Waals surface area (Å²) >= 11 is 0. The molecule has 22 heavy (non-hydrogen) atoms. The van der Waals surface area contributed by atoms with Crippen molar-refractivity contribution in [3.05, 3.63) is 36.3 Å². The summed E-state index contributed by atoms with van der Waals surface area (Å²) in [4.78, 5) is 8.77. The van der Waals surface area contributed by atoms with E-state index in [1.807, 2.05) is 28.8 Å². The largest absolute Gasteiger partial charge is 0.383 e. The first-order chi connectivity index (χ1) is 10.2. The number of hydrogen-bond donors (Lipinski definition) is 2. The van der Waals surface area contributed by atoms with Crippen LogP contribution in [0.15, 0.2) is 35.6 Å². The molecule has 0 amide bonds. The van der Waals surface area contributed by atoms with Crippen molar-refractivity contribution in [3.63, 3.8) is 0 Å². The quantitative estimate of drug-likeness (QED) is 0.427. The van der Waals surface area contributed by atoms with Gasteiger partial charge in [-0.1, -0.05) is 6.07 Å². The molecule has 7 heteroatoms. The Labute approximate surface area is 148 Å². The van der Waals surface area contributed by atoms with Gasteiger partial charge in [-0.05, 0) is 19.1 Å². The lowest BCUT2D eigenvalue weighted by atomic mass is 10.3. The SMILES string of the molecule is CN=C(NCCc1cn2ccccc2n1)NC(C)COC.I. The maximum Gasteiger partial charge on any atom is 0.191 e. The molecule has 1 atom stereocenters. The summed E-state index contributed by atoms with van der Waals surface area (Å²) in [5.74, 6) is 0.781. The molecule has 0 fully saturated rings. The predicted octanol–water partition coefficient (Wildman–Crippen LogP) is 1.69. The van der Waals surface area contributed by atoms with Gasteiger partial charge < -0.3 is 19.8 Å². The Bertz CT molecular complexity index is 565. The summed E-state index contributed by atoms with van der Waals surface area (Å²) in [6, 6.07) is 6.22. The minimum atomic E-state index is 0. The van der Waals surface area contributed by atoms with E-state index < -0.39 is 0 Å². The Morgan fingerprint density at radius 2 is 2.27 bits per heavy atom. The van der Waals surface area contributed by atoms with Crippen LogP contribution < -0.4 is 10.6 Å². The van der Waals surface area contributed by atoms with Crippen LogP contribution in [-0.2, 0) is 11.2 Å². The highest BCUT2D eigenvalue weighted by Gasteiger charge is 2.05. The second-order valence-electron chi connectivity index (χ2n) is 4.95. The first-order valence-electron chi connectivity index (χ1n) is 7.11. The molecular weight excluding hydrogens is 393 g/mol. The van der Waals surface area contributed by atoms with Crippen LogP contribution >= 0.6 is 24.0 Å². The molecule has 6 nitrogen and oxygen atoms in total. The summed E-state index contributed by atoms with van der Waals surface area (Å²) < 4.78 is 7.13. The number of nitrogens with zero attached hydrogens (tertiary/aromatic N) is 3. The second-order valence-corrected chi connectivity index (χ2v) is 4.95. The maximum absolute atomic E-state index is 5.10. The standard InChI is InChI=1S/C15H23N5O.HI/c1-12(11-21-3)18-15(16-2)17-8-7-13-10-20-9-5-4-6-14(20)19-13;/h4-6,9-10,12H,7-8,11H2,1-3H3,(H2,16,17,18);1H. The van der Waals surface area contributed by atoms with E-state index in [0.717, 1.165) is 30.3 Å². The van der Waals surface area contributed by atoms with Crippen molar-refractivity contribution in [1.82, 2.24) is 20.0 Å². The zero-order valence-electron chi connectivity index (χ0n) is 13.2. The molecule has 0 bridgehead atoms. The van der Waals surface area contributed by atoms with Crippen LogP contribution in [0, 0.1) is 0 Å². The predicted molar refractivity (Wildman–Crippen MR) is 100 cm³/mol. The van der Waals surface area contributed by atoms with Crippen LogP contribution in [0.4, 0.5) is 0 Å². The van der Waals surface area contributed by atoms with E-state index in [4.69, 9.17) is 4.74 Å². The van der Waals surface area contributed by atoms with Crippen LogP contribution in [0.25, 0.3) is 5.65 Å². The number of aromatic nitrogens is 2. The molecule has 2 aromatic heterocycles. The van der Waals surface area contributed by atoms with Gasteiger partial charge in [-0.25, -0.2) is 4.98 Å². The van der Waals surface area contributed by atoms with Gasteiger partial charge in [0.25, 0.3) is 0 Å². The monoisotopic (exact) mass is 417 g/mol. The Kier molecular flexibility index (Phi) is 8.18. The van der Waals surface area contributed by atoms with Crippen molar-refractivity contribution in [2.45, 2.75) is 19.4 Å². The van der Waals surface area contributed by atoms with Gasteiger partial charge in [-0.2, -0.15) is 0 Å². The third-order valence-corrected chi connectivity index (χ3v) is 3.11. The van der Waals surface area contributed by atoms with Crippen molar-refractivity contribution in [2.24, 2.45) is 4.99 Å². The topological polar surface area (TPSA) is 63.0 Å². The zero-order chi connectivity index (χ0) is 15.1. The first-order valence-corrected chi connectivity index (χ1v) is 7.11. The first kappa shape index (κ1) is 18.7. The van der Waals surface area contributed by atoms with Crippen LogP contribution in [-0.4, -0.2) is 48.7 Å². The van der Waals surface area contributed by atoms with E-state index in [0.29, 0.717) is 6.61 Å². The highest BCUT2D eigenvalue weighted by Crippen LogP contribution is 2.04. The fourth-order valence-corrected chi connectivity index (χ4v) is 2.14. The van der Waals surface area contributed by atoms with Crippen LogP contribution in [0.5, 0.6) is 0 Å². The summed E-state index contributed by atoms with van der Waals surface area (Å²) in [6.07, 6.45) is 4.91. The van der Waals surface area contributed by atoms with Crippen molar-refractivity contribution in [1.29, 1.82) is 0 Å². The minimum absolute atomic E-state index is 0. The van der Waals surface area contributed by atoms with E-state index in [2.05, 4.69) is 33.7 Å². The lowest BCUT2D eigenvalue weighted by Gasteiger charge is -2.16. The summed E-state index contributed by atoms with van der Waals surface area (Å²) in [6.45, 7) is 3.48. The summed E-state index contributed by atoms with van der Waals surface area (Å²) in [5.41, 5.74) is 2.04. The van der Waals surface area contributed by atoms with Gasteiger partial charge in [0, 0.05) is 45.6 Å². The lowest BCUT2D eigenvalue weighted by molar-refractivity contribution is 0.179. The number of aliphatic imine (C=N–C) groups is 1. The second kappa shape index (κ2) is 9.62. The van der Waals surface area contributed by atoms with Crippen LogP contribution in [0.3, 0.4) is 0 Å². The number of rotatable bonds is 6. The number of methoxy groups -OCH3 is 1. The maximum atomic E-state index is 5.10. The Morgan fingerprint density at radius 3 is 2.95 bits per heavy atom. The molecule has 2 rings (SSSR count). The zero-order valence-corrected chi connectivity index (χ0v) is 15.6. The summed E-state index contributed by atoms with van der Waals surface area (Å²) in [7, 11) is 3.46. The number of imidazole rings is 1. The number of guanidine groups is 1. The van der Waals surface area contributed by atoms with Gasteiger partial charge >= 0.3 is 0 Å². The van der Waals surface area contributed by atoms with E-state index >= 15 is 0 Å². The molecule has 0 aromatic carbocycles. The lowest BCUT2D eigenvalue weighted by Crippen LogP contribution is -2.44. The van der Waals surface area contributed by atoms with E-state index in [-0.39, 0.29) is 30.0 Å². The molecular formula is C15H24IN5O. The number of hydrogen-bond acceptors (Lipinski definition) is 3. The van der Waals surface area contributed by atoms with E-state index in [1.165, 1.54) is 0 Å².